The van der Waals surface area contributed by atoms with Crippen LogP contribution in [0.2, 0.25) is 0 Å². The van der Waals surface area contributed by atoms with Crippen molar-refractivity contribution >= 4 is 29.2 Å². The van der Waals surface area contributed by atoms with E-state index in [9.17, 15) is 14.4 Å². The van der Waals surface area contributed by atoms with Gasteiger partial charge in [0.15, 0.2) is 0 Å². The Balaban J connectivity index is 1.53. The molecule has 4 amide bonds. The van der Waals surface area contributed by atoms with E-state index in [1.807, 2.05) is 31.2 Å². The molecule has 0 aromatic heterocycles. The normalized spacial score (nSPS) is 13.9. The van der Waals surface area contributed by atoms with Gasteiger partial charge >= 0.3 is 6.03 Å². The van der Waals surface area contributed by atoms with Crippen LogP contribution in [0.3, 0.4) is 0 Å². The van der Waals surface area contributed by atoms with E-state index in [1.54, 1.807) is 31.2 Å². The Kier molecular flexibility index (Phi) is 6.49. The van der Waals surface area contributed by atoms with Crippen LogP contribution in [-0.4, -0.2) is 23.9 Å². The summed E-state index contributed by atoms with van der Waals surface area (Å²) in [6, 6.07) is 14.0. The summed E-state index contributed by atoms with van der Waals surface area (Å²) >= 11 is 0. The third-order valence-corrected chi connectivity index (χ3v) is 4.68. The highest BCUT2D eigenvalue weighted by molar-refractivity contribution is 5.96. The summed E-state index contributed by atoms with van der Waals surface area (Å²) in [6.07, 6.45) is 2.48. The van der Waals surface area contributed by atoms with Crippen LogP contribution in [0.4, 0.5) is 16.2 Å². The lowest BCUT2D eigenvalue weighted by molar-refractivity contribution is -0.115. The van der Waals surface area contributed by atoms with Crippen molar-refractivity contribution in [3.63, 3.8) is 0 Å². The minimum Gasteiger partial charge on any atom is -0.346 e. The molecule has 1 atom stereocenters. The van der Waals surface area contributed by atoms with Gasteiger partial charge in [0.05, 0.1) is 6.04 Å². The summed E-state index contributed by atoms with van der Waals surface area (Å²) in [6.45, 7) is 3.70. The summed E-state index contributed by atoms with van der Waals surface area (Å²) in [5.74, 6) is -0.239. The van der Waals surface area contributed by atoms with Gasteiger partial charge in [-0.2, -0.15) is 0 Å². The molecule has 1 aliphatic carbocycles. The second-order valence-corrected chi connectivity index (χ2v) is 7.17. The molecule has 0 radical (unpaired) electrons. The van der Waals surface area contributed by atoms with E-state index in [1.165, 1.54) is 0 Å². The molecule has 0 saturated heterocycles. The van der Waals surface area contributed by atoms with Crippen LogP contribution in [-0.2, 0) is 4.79 Å². The lowest BCUT2D eigenvalue weighted by Crippen LogP contribution is -2.30. The van der Waals surface area contributed by atoms with E-state index >= 15 is 0 Å². The molecule has 7 nitrogen and oxygen atoms in total. The average Bonchev–Trinajstić information content (AvgIpc) is 3.52. The first-order valence-corrected chi connectivity index (χ1v) is 9.83. The predicted molar refractivity (Wildman–Crippen MR) is 113 cm³/mol. The van der Waals surface area contributed by atoms with Gasteiger partial charge in [0.1, 0.15) is 0 Å². The van der Waals surface area contributed by atoms with Gasteiger partial charge in [-0.25, -0.2) is 4.79 Å². The zero-order chi connectivity index (χ0) is 20.8. The molecule has 0 bridgehead atoms. The first kappa shape index (κ1) is 20.4. The third kappa shape index (κ3) is 6.07. The topological polar surface area (TPSA) is 99.3 Å². The highest BCUT2D eigenvalue weighted by Gasteiger charge is 2.23. The van der Waals surface area contributed by atoms with Crippen molar-refractivity contribution in [1.29, 1.82) is 0 Å². The fourth-order valence-electron chi connectivity index (χ4n) is 2.75. The minimum absolute atomic E-state index is 0.0398. The van der Waals surface area contributed by atoms with E-state index in [4.69, 9.17) is 0 Å². The molecule has 2 aromatic rings. The molecule has 1 fully saturated rings. The minimum atomic E-state index is -0.225. The number of benzene rings is 2. The van der Waals surface area contributed by atoms with Crippen molar-refractivity contribution in [3.05, 3.63) is 59.7 Å². The zero-order valence-electron chi connectivity index (χ0n) is 16.6. The zero-order valence-corrected chi connectivity index (χ0v) is 16.6. The van der Waals surface area contributed by atoms with Gasteiger partial charge < -0.3 is 21.3 Å². The molecular weight excluding hydrogens is 368 g/mol. The second-order valence-electron chi connectivity index (χ2n) is 7.17. The van der Waals surface area contributed by atoms with Crippen molar-refractivity contribution in [2.75, 3.05) is 10.6 Å². The van der Waals surface area contributed by atoms with Crippen LogP contribution in [0.25, 0.3) is 0 Å². The molecule has 2 aromatic carbocycles. The van der Waals surface area contributed by atoms with Gasteiger partial charge in [-0.1, -0.05) is 19.1 Å². The van der Waals surface area contributed by atoms with E-state index in [0.717, 1.165) is 24.1 Å². The number of hydrogen-bond donors (Lipinski definition) is 4. The average molecular weight is 394 g/mol. The molecular formula is C22H26N4O3. The molecule has 0 heterocycles. The van der Waals surface area contributed by atoms with Gasteiger partial charge in [0.25, 0.3) is 5.91 Å². The maximum Gasteiger partial charge on any atom is 0.319 e. The van der Waals surface area contributed by atoms with Crippen LogP contribution >= 0.6 is 0 Å². The number of amides is 4. The van der Waals surface area contributed by atoms with Crippen LogP contribution in [0.5, 0.6) is 0 Å². The molecule has 0 spiro atoms. The smallest absolute Gasteiger partial charge is 0.319 e. The summed E-state index contributed by atoms with van der Waals surface area (Å²) in [4.78, 5) is 35.7. The summed E-state index contributed by atoms with van der Waals surface area (Å²) in [7, 11) is 0. The van der Waals surface area contributed by atoms with E-state index < -0.39 is 0 Å². The molecule has 0 aliphatic heterocycles. The molecule has 3 rings (SSSR count). The Morgan fingerprint density at radius 2 is 1.52 bits per heavy atom. The Labute approximate surface area is 170 Å². The van der Waals surface area contributed by atoms with Crippen molar-refractivity contribution in [1.82, 2.24) is 10.6 Å². The standard InChI is InChI=1S/C22H26N4O3/c1-3-20(27)24-17-8-4-15(5-9-17)14(2)23-21(28)16-6-10-18(11-7-16)25-22(29)26-19-12-13-19/h4-11,14,19H,3,12-13H2,1-2H3,(H,23,28)(H,24,27)(H2,25,26,29). The van der Waals surface area contributed by atoms with E-state index in [0.29, 0.717) is 23.7 Å². The quantitative estimate of drug-likeness (QED) is 0.575. The Morgan fingerprint density at radius 1 is 0.931 bits per heavy atom. The van der Waals surface area contributed by atoms with Gasteiger partial charge in [-0.15, -0.1) is 0 Å². The molecule has 7 heteroatoms. The summed E-state index contributed by atoms with van der Waals surface area (Å²) in [5.41, 5.74) is 2.81. The lowest BCUT2D eigenvalue weighted by Gasteiger charge is -2.15. The largest absolute Gasteiger partial charge is 0.346 e. The number of anilines is 2. The van der Waals surface area contributed by atoms with Crippen molar-refractivity contribution in [3.8, 4) is 0 Å². The van der Waals surface area contributed by atoms with Crippen molar-refractivity contribution in [2.45, 2.75) is 45.2 Å². The highest BCUT2D eigenvalue weighted by atomic mass is 16.2. The SMILES string of the molecule is CCC(=O)Nc1ccc(C(C)NC(=O)c2ccc(NC(=O)NC3CC3)cc2)cc1. The molecule has 1 saturated carbocycles. The highest BCUT2D eigenvalue weighted by Crippen LogP contribution is 2.19. The van der Waals surface area contributed by atoms with Gasteiger partial charge in [-0.3, -0.25) is 9.59 Å². The van der Waals surface area contributed by atoms with Crippen LogP contribution in [0, 0.1) is 0 Å². The molecule has 4 N–H and O–H groups in total. The summed E-state index contributed by atoms with van der Waals surface area (Å²) in [5, 5.41) is 11.4. The fraction of sp³-hybridized carbons (Fsp3) is 0.318. The fourth-order valence-corrected chi connectivity index (χ4v) is 2.75. The summed E-state index contributed by atoms with van der Waals surface area (Å²) < 4.78 is 0. The van der Waals surface area contributed by atoms with Crippen molar-refractivity contribution < 1.29 is 14.4 Å². The number of carbonyl (C=O) groups excluding carboxylic acids is 3. The maximum atomic E-state index is 12.5. The van der Waals surface area contributed by atoms with E-state index in [-0.39, 0.29) is 23.9 Å². The van der Waals surface area contributed by atoms with E-state index in [2.05, 4.69) is 21.3 Å². The Morgan fingerprint density at radius 3 is 2.10 bits per heavy atom. The monoisotopic (exact) mass is 394 g/mol. The Hall–Kier alpha value is -3.35. The van der Waals surface area contributed by atoms with Crippen molar-refractivity contribution in [2.24, 2.45) is 0 Å². The predicted octanol–water partition coefficient (Wildman–Crippen LogP) is 3.81. The van der Waals surface area contributed by atoms with Gasteiger partial charge in [0.2, 0.25) is 5.91 Å². The van der Waals surface area contributed by atoms with Crippen LogP contribution in [0.1, 0.15) is 55.1 Å². The third-order valence-electron chi connectivity index (χ3n) is 4.68. The maximum absolute atomic E-state index is 12.5. The number of carbonyl (C=O) groups is 3. The number of rotatable bonds is 7. The van der Waals surface area contributed by atoms with Gasteiger partial charge in [0, 0.05) is 29.4 Å². The molecule has 29 heavy (non-hydrogen) atoms. The molecule has 1 aliphatic rings. The number of urea groups is 1. The van der Waals surface area contributed by atoms with Crippen LogP contribution < -0.4 is 21.3 Å². The first-order valence-electron chi connectivity index (χ1n) is 9.83. The first-order chi connectivity index (χ1) is 13.9. The number of nitrogens with one attached hydrogen (secondary N) is 4. The van der Waals surface area contributed by atoms with Gasteiger partial charge in [-0.05, 0) is 61.7 Å². The Bertz CT molecular complexity index is 874. The second kappa shape index (κ2) is 9.23. The lowest BCUT2D eigenvalue weighted by atomic mass is 10.1. The van der Waals surface area contributed by atoms with Crippen LogP contribution in [0.15, 0.2) is 48.5 Å². The molecule has 1 unspecified atom stereocenters. The molecule has 152 valence electrons. The number of hydrogen-bond acceptors (Lipinski definition) is 3.